The number of phosphoric ester groups is 1. The Kier molecular flexibility index (Phi) is 45.4. The highest BCUT2D eigenvalue weighted by molar-refractivity contribution is 7.45. The molecule has 368 valence electrons. The number of hydrogen-bond acceptors (Lipinski definition) is 7. The van der Waals surface area contributed by atoms with Gasteiger partial charge >= 0.3 is 5.97 Å². The van der Waals surface area contributed by atoms with Crippen molar-refractivity contribution in [1.29, 1.82) is 0 Å². The fraction of sp³-hybridized carbons (Fsp3) is 0.796. The van der Waals surface area contributed by atoms with Crippen LogP contribution in [0.5, 0.6) is 0 Å². The SMILES string of the molecule is CC/C=C\C/C=C\C/C=C\C/C=C\CCCCCCCCCOCC(COP(=O)([O-])OCC[N+](C)(C)C)OC(=O)CCCCCCCCCCC/C=C\CCCCCCCCCC. The Bertz CT molecular complexity index is 1190. The number of hydrogen-bond donors (Lipinski definition) is 0. The lowest BCUT2D eigenvalue weighted by Crippen LogP contribution is -2.37. The van der Waals surface area contributed by atoms with Gasteiger partial charge in [0.1, 0.15) is 19.3 Å². The number of phosphoric acid groups is 1. The summed E-state index contributed by atoms with van der Waals surface area (Å²) in [6, 6.07) is 0. The highest BCUT2D eigenvalue weighted by atomic mass is 31.2. The number of rotatable bonds is 48. The lowest BCUT2D eigenvalue weighted by atomic mass is 10.1. The molecule has 0 saturated carbocycles. The van der Waals surface area contributed by atoms with E-state index in [0.29, 0.717) is 24.1 Å². The second kappa shape index (κ2) is 46.7. The third-order valence-corrected chi connectivity index (χ3v) is 12.0. The number of quaternary nitrogens is 1. The summed E-state index contributed by atoms with van der Waals surface area (Å²) in [4.78, 5) is 25.2. The van der Waals surface area contributed by atoms with Crippen LogP contribution in [0.1, 0.15) is 219 Å². The van der Waals surface area contributed by atoms with E-state index in [9.17, 15) is 14.3 Å². The minimum atomic E-state index is -4.54. The minimum absolute atomic E-state index is 0.0214. The maximum atomic E-state index is 12.8. The first-order valence-corrected chi connectivity index (χ1v) is 27.5. The summed E-state index contributed by atoms with van der Waals surface area (Å²) in [5.74, 6) is -0.340. The van der Waals surface area contributed by atoms with Crippen molar-refractivity contribution in [2.24, 2.45) is 0 Å². The van der Waals surface area contributed by atoms with Crippen molar-refractivity contribution < 1.29 is 37.3 Å². The molecule has 0 aliphatic heterocycles. The molecule has 0 aromatic rings. The highest BCUT2D eigenvalue weighted by Crippen LogP contribution is 2.38. The quantitative estimate of drug-likeness (QED) is 0.0197. The number of carbonyl (C=O) groups excluding carboxylic acids is 1. The number of unbranched alkanes of at least 4 members (excludes halogenated alkanes) is 24. The average molecular weight is 906 g/mol. The lowest BCUT2D eigenvalue weighted by molar-refractivity contribution is -0.870. The maximum Gasteiger partial charge on any atom is 0.306 e. The first kappa shape index (κ1) is 61.2. The number of likely N-dealkylation sites (N-methyl/N-ethyl adjacent to an activating group) is 1. The molecular weight excluding hydrogens is 806 g/mol. The standard InChI is InChI=1S/C54H100NO7P/c1-6-8-10-12-14-16-18-20-22-24-26-28-29-31-33-35-37-39-41-43-45-47-54(56)62-53(52-61-63(57,58)60-50-48-55(3,4)5)51-59-49-46-44-42-40-38-36-34-32-30-27-25-23-21-19-17-15-13-11-9-7-2/h9,11,15,17,21,23-24,26-27,30,53H,6-8,10,12-14,16,18-20,22,25,28-29,31-52H2,1-5H3/b11-9-,17-15-,23-21-,26-24-,30-27-. The van der Waals surface area contributed by atoms with Gasteiger partial charge in [0.25, 0.3) is 7.82 Å². The van der Waals surface area contributed by atoms with Gasteiger partial charge in [0.05, 0.1) is 34.4 Å². The molecule has 0 heterocycles. The molecule has 0 saturated heterocycles. The van der Waals surface area contributed by atoms with Crippen molar-refractivity contribution in [2.45, 2.75) is 225 Å². The molecule has 0 aliphatic carbocycles. The van der Waals surface area contributed by atoms with E-state index in [-0.39, 0.29) is 25.8 Å². The predicted octanol–water partition coefficient (Wildman–Crippen LogP) is 15.4. The number of nitrogens with zero attached hydrogens (tertiary/aromatic N) is 1. The van der Waals surface area contributed by atoms with Crippen molar-refractivity contribution in [3.63, 3.8) is 0 Å². The first-order chi connectivity index (χ1) is 30.6. The Morgan fingerprint density at radius 1 is 0.508 bits per heavy atom. The Morgan fingerprint density at radius 3 is 1.40 bits per heavy atom. The molecule has 0 rings (SSSR count). The normalized spacial score (nSPS) is 14.1. The number of allylic oxidation sites excluding steroid dienone is 10. The van der Waals surface area contributed by atoms with Gasteiger partial charge in [-0.2, -0.15) is 0 Å². The van der Waals surface area contributed by atoms with Crippen LogP contribution in [-0.4, -0.2) is 70.7 Å². The van der Waals surface area contributed by atoms with Gasteiger partial charge in [-0.25, -0.2) is 0 Å². The van der Waals surface area contributed by atoms with E-state index < -0.39 is 13.9 Å². The van der Waals surface area contributed by atoms with E-state index in [1.165, 1.54) is 128 Å². The molecule has 2 unspecified atom stereocenters. The monoisotopic (exact) mass is 906 g/mol. The molecule has 0 aromatic heterocycles. The molecule has 0 fully saturated rings. The van der Waals surface area contributed by atoms with Gasteiger partial charge in [0.15, 0.2) is 0 Å². The van der Waals surface area contributed by atoms with Gasteiger partial charge in [-0.1, -0.05) is 197 Å². The second-order valence-electron chi connectivity index (χ2n) is 18.5. The van der Waals surface area contributed by atoms with Crippen molar-refractivity contribution >= 4 is 13.8 Å². The van der Waals surface area contributed by atoms with Crippen LogP contribution in [0.15, 0.2) is 60.8 Å². The Balaban J connectivity index is 4.16. The summed E-state index contributed by atoms with van der Waals surface area (Å²) in [6.45, 7) is 5.29. The van der Waals surface area contributed by atoms with Gasteiger partial charge in [-0.3, -0.25) is 9.36 Å². The molecule has 0 bridgehead atoms. The molecule has 2 atom stereocenters. The predicted molar refractivity (Wildman–Crippen MR) is 268 cm³/mol. The van der Waals surface area contributed by atoms with Gasteiger partial charge < -0.3 is 27.9 Å². The zero-order chi connectivity index (χ0) is 46.2. The van der Waals surface area contributed by atoms with E-state index in [1.807, 2.05) is 21.1 Å². The van der Waals surface area contributed by atoms with Crippen LogP contribution in [-0.2, 0) is 27.9 Å². The fourth-order valence-corrected chi connectivity index (χ4v) is 7.79. The topological polar surface area (TPSA) is 94.1 Å². The van der Waals surface area contributed by atoms with E-state index >= 15 is 0 Å². The van der Waals surface area contributed by atoms with Crippen LogP contribution in [0.25, 0.3) is 0 Å². The van der Waals surface area contributed by atoms with Crippen molar-refractivity contribution in [3.8, 4) is 0 Å². The molecule has 0 aliphatic rings. The third kappa shape index (κ3) is 51.1. The zero-order valence-corrected chi connectivity index (χ0v) is 42.7. The molecule has 0 spiro atoms. The highest BCUT2D eigenvalue weighted by Gasteiger charge is 2.20. The number of esters is 1. The smallest absolute Gasteiger partial charge is 0.306 e. The number of carbonyl (C=O) groups is 1. The van der Waals surface area contributed by atoms with E-state index in [0.717, 1.165) is 70.6 Å². The molecular formula is C54H100NO7P. The molecule has 0 radical (unpaired) electrons. The minimum Gasteiger partial charge on any atom is -0.756 e. The van der Waals surface area contributed by atoms with Crippen molar-refractivity contribution in [3.05, 3.63) is 60.8 Å². The third-order valence-electron chi connectivity index (χ3n) is 11.1. The van der Waals surface area contributed by atoms with Crippen molar-refractivity contribution in [2.75, 3.05) is 54.1 Å². The maximum absolute atomic E-state index is 12.8. The summed E-state index contributed by atoms with van der Waals surface area (Å²) in [5, 5.41) is 0. The summed E-state index contributed by atoms with van der Waals surface area (Å²) in [5.41, 5.74) is 0. The Hall–Kier alpha value is -1.80. The molecule has 63 heavy (non-hydrogen) atoms. The van der Waals surface area contributed by atoms with Gasteiger partial charge in [0, 0.05) is 13.0 Å². The summed E-state index contributed by atoms with van der Waals surface area (Å²) >= 11 is 0. The van der Waals surface area contributed by atoms with Crippen molar-refractivity contribution in [1.82, 2.24) is 0 Å². The summed E-state index contributed by atoms with van der Waals surface area (Å²) < 4.78 is 34.8. The van der Waals surface area contributed by atoms with E-state index in [4.69, 9.17) is 18.5 Å². The Labute approximate surface area is 390 Å². The fourth-order valence-electron chi connectivity index (χ4n) is 7.06. The molecule has 9 heteroatoms. The average Bonchev–Trinajstić information content (AvgIpc) is 3.24. The molecule has 0 N–H and O–H groups in total. The van der Waals surface area contributed by atoms with E-state index in [1.54, 1.807) is 0 Å². The largest absolute Gasteiger partial charge is 0.756 e. The summed E-state index contributed by atoms with van der Waals surface area (Å²) in [7, 11) is 1.34. The van der Waals surface area contributed by atoms with Crippen LogP contribution in [0.4, 0.5) is 0 Å². The number of ether oxygens (including phenoxy) is 2. The first-order valence-electron chi connectivity index (χ1n) is 26.0. The van der Waals surface area contributed by atoms with Gasteiger partial charge in [-0.05, 0) is 77.0 Å². The molecule has 0 amide bonds. The zero-order valence-electron chi connectivity index (χ0n) is 41.8. The van der Waals surface area contributed by atoms with Crippen LogP contribution >= 0.6 is 7.82 Å². The second-order valence-corrected chi connectivity index (χ2v) is 19.9. The van der Waals surface area contributed by atoms with Crippen LogP contribution < -0.4 is 4.89 Å². The molecule has 0 aromatic carbocycles. The van der Waals surface area contributed by atoms with Gasteiger partial charge in [0.2, 0.25) is 0 Å². The summed E-state index contributed by atoms with van der Waals surface area (Å²) in [6.07, 6.45) is 59.6. The van der Waals surface area contributed by atoms with Gasteiger partial charge in [-0.15, -0.1) is 0 Å². The van der Waals surface area contributed by atoms with E-state index in [2.05, 4.69) is 74.6 Å². The molecule has 8 nitrogen and oxygen atoms in total. The van der Waals surface area contributed by atoms with Crippen LogP contribution in [0, 0.1) is 0 Å². The van der Waals surface area contributed by atoms with Crippen LogP contribution in [0.3, 0.4) is 0 Å². The Morgan fingerprint density at radius 2 is 0.921 bits per heavy atom. The van der Waals surface area contributed by atoms with Crippen LogP contribution in [0.2, 0.25) is 0 Å². The lowest BCUT2D eigenvalue weighted by Gasteiger charge is -2.28.